The average Bonchev–Trinajstić information content (AvgIpc) is 2.96. The second-order valence-electron chi connectivity index (χ2n) is 4.28. The van der Waals surface area contributed by atoms with Gasteiger partial charge in [0.05, 0.1) is 26.9 Å². The molecule has 0 aliphatic carbocycles. The van der Waals surface area contributed by atoms with E-state index in [1.54, 1.807) is 24.6 Å². The molecular formula is C14H11N3O3S. The van der Waals surface area contributed by atoms with Crippen LogP contribution in [0.25, 0.3) is 10.9 Å². The van der Waals surface area contributed by atoms with Crippen LogP contribution in [0, 0.1) is 10.1 Å². The van der Waals surface area contributed by atoms with Crippen molar-refractivity contribution in [2.75, 3.05) is 6.26 Å². The number of hydrogen-bond donors (Lipinski definition) is 1. The van der Waals surface area contributed by atoms with E-state index in [0.717, 1.165) is 10.9 Å². The zero-order valence-electron chi connectivity index (χ0n) is 11.1. The molecule has 0 spiro atoms. The molecule has 3 rings (SSSR count). The molecule has 0 fully saturated rings. The summed E-state index contributed by atoms with van der Waals surface area (Å²) in [5.74, 6) is 1.21. The molecule has 1 aromatic heterocycles. The Labute approximate surface area is 124 Å². The number of nitro benzene ring substituents is 1. The van der Waals surface area contributed by atoms with Crippen molar-refractivity contribution in [3.8, 4) is 11.5 Å². The van der Waals surface area contributed by atoms with Gasteiger partial charge in [0.2, 0.25) is 0 Å². The molecule has 3 aromatic rings. The summed E-state index contributed by atoms with van der Waals surface area (Å²) >= 11 is 1.31. The van der Waals surface area contributed by atoms with E-state index >= 15 is 0 Å². The highest BCUT2D eigenvalue weighted by molar-refractivity contribution is 7.98. The number of nitrogens with zero attached hydrogens (tertiary/aromatic N) is 2. The highest BCUT2D eigenvalue weighted by Crippen LogP contribution is 2.34. The minimum Gasteiger partial charge on any atom is -0.457 e. The number of benzene rings is 2. The summed E-state index contributed by atoms with van der Waals surface area (Å²) in [6, 6.07) is 10.3. The lowest BCUT2D eigenvalue weighted by Gasteiger charge is -2.08. The highest BCUT2D eigenvalue weighted by Gasteiger charge is 2.14. The number of hydrogen-bond acceptors (Lipinski definition) is 5. The highest BCUT2D eigenvalue weighted by atomic mass is 32.2. The maximum absolute atomic E-state index is 10.9. The van der Waals surface area contributed by atoms with Gasteiger partial charge in [-0.1, -0.05) is 6.07 Å². The Bertz CT molecular complexity index is 816. The molecule has 6 nitrogen and oxygen atoms in total. The topological polar surface area (TPSA) is 81.0 Å². The molecule has 0 amide bonds. The number of rotatable bonds is 4. The van der Waals surface area contributed by atoms with Gasteiger partial charge in [-0.05, 0) is 24.5 Å². The fourth-order valence-electron chi connectivity index (χ4n) is 2.03. The first kappa shape index (κ1) is 13.4. The molecule has 0 atom stereocenters. The number of aromatic amines is 1. The third-order valence-electron chi connectivity index (χ3n) is 3.02. The van der Waals surface area contributed by atoms with Gasteiger partial charge >= 0.3 is 0 Å². The van der Waals surface area contributed by atoms with Gasteiger partial charge in [-0.2, -0.15) is 5.10 Å². The van der Waals surface area contributed by atoms with E-state index in [2.05, 4.69) is 10.2 Å². The number of H-pyrrole nitrogens is 1. The van der Waals surface area contributed by atoms with Crippen LogP contribution >= 0.6 is 11.8 Å². The monoisotopic (exact) mass is 301 g/mol. The molecule has 0 aliphatic heterocycles. The summed E-state index contributed by atoms with van der Waals surface area (Å²) in [5.41, 5.74) is 0.955. The summed E-state index contributed by atoms with van der Waals surface area (Å²) in [6.07, 6.45) is 3.48. The summed E-state index contributed by atoms with van der Waals surface area (Å²) in [5, 5.41) is 18.6. The second kappa shape index (κ2) is 5.45. The van der Waals surface area contributed by atoms with Crippen LogP contribution in [0.2, 0.25) is 0 Å². The smallest absolute Gasteiger partial charge is 0.283 e. The summed E-state index contributed by atoms with van der Waals surface area (Å²) in [4.78, 5) is 11.1. The number of nitrogens with one attached hydrogen (secondary N) is 1. The molecule has 7 heteroatoms. The van der Waals surface area contributed by atoms with Crippen LogP contribution in [0.5, 0.6) is 11.5 Å². The number of thioether (sulfide) groups is 1. The van der Waals surface area contributed by atoms with Crippen LogP contribution in [0.3, 0.4) is 0 Å². The first-order chi connectivity index (χ1) is 10.2. The van der Waals surface area contributed by atoms with Crippen LogP contribution in [0.15, 0.2) is 47.5 Å². The molecule has 0 unspecified atom stereocenters. The third-order valence-corrected chi connectivity index (χ3v) is 3.79. The van der Waals surface area contributed by atoms with Crippen molar-refractivity contribution >= 4 is 28.4 Å². The number of ether oxygens (including phenoxy) is 1. The predicted octanol–water partition coefficient (Wildman–Crippen LogP) is 3.99. The fourth-order valence-corrected chi connectivity index (χ4v) is 2.62. The number of nitro groups is 1. The Morgan fingerprint density at radius 3 is 2.95 bits per heavy atom. The zero-order valence-corrected chi connectivity index (χ0v) is 11.9. The van der Waals surface area contributed by atoms with Gasteiger partial charge in [-0.15, -0.1) is 11.8 Å². The van der Waals surface area contributed by atoms with Gasteiger partial charge in [-0.3, -0.25) is 15.2 Å². The van der Waals surface area contributed by atoms with E-state index in [9.17, 15) is 10.1 Å². The quantitative estimate of drug-likeness (QED) is 0.448. The Morgan fingerprint density at radius 2 is 2.19 bits per heavy atom. The molecule has 0 saturated carbocycles. The molecule has 0 saturated heterocycles. The average molecular weight is 301 g/mol. The van der Waals surface area contributed by atoms with Gasteiger partial charge in [-0.25, -0.2) is 0 Å². The van der Waals surface area contributed by atoms with E-state index in [1.165, 1.54) is 17.8 Å². The van der Waals surface area contributed by atoms with E-state index in [1.807, 2.05) is 18.2 Å². The van der Waals surface area contributed by atoms with Crippen molar-refractivity contribution in [3.05, 3.63) is 52.7 Å². The van der Waals surface area contributed by atoms with E-state index in [0.29, 0.717) is 16.4 Å². The SMILES string of the molecule is CSc1cc(Oc2cccc3[nH]ncc23)ccc1[N+](=O)[O-]. The largest absolute Gasteiger partial charge is 0.457 e. The normalized spacial score (nSPS) is 10.7. The molecule has 1 heterocycles. The Morgan fingerprint density at radius 1 is 1.33 bits per heavy atom. The van der Waals surface area contributed by atoms with Crippen molar-refractivity contribution in [1.82, 2.24) is 10.2 Å². The van der Waals surface area contributed by atoms with Crippen molar-refractivity contribution in [3.63, 3.8) is 0 Å². The minimum absolute atomic E-state index is 0.0800. The first-order valence-corrected chi connectivity index (χ1v) is 7.34. The van der Waals surface area contributed by atoms with Gasteiger partial charge < -0.3 is 4.74 Å². The van der Waals surface area contributed by atoms with Crippen molar-refractivity contribution in [2.24, 2.45) is 0 Å². The Hall–Kier alpha value is -2.54. The lowest BCUT2D eigenvalue weighted by Crippen LogP contribution is -1.92. The van der Waals surface area contributed by atoms with E-state index in [-0.39, 0.29) is 5.69 Å². The molecule has 106 valence electrons. The zero-order chi connectivity index (χ0) is 14.8. The van der Waals surface area contributed by atoms with E-state index < -0.39 is 4.92 Å². The van der Waals surface area contributed by atoms with Crippen LogP contribution in [0.1, 0.15) is 0 Å². The van der Waals surface area contributed by atoms with Crippen LogP contribution in [-0.4, -0.2) is 21.4 Å². The summed E-state index contributed by atoms with van der Waals surface area (Å²) in [7, 11) is 0. The third kappa shape index (κ3) is 2.55. The number of fused-ring (bicyclic) bond motifs is 1. The Kier molecular flexibility index (Phi) is 3.49. The summed E-state index contributed by atoms with van der Waals surface area (Å²) in [6.45, 7) is 0. The molecule has 2 aromatic carbocycles. The standard InChI is InChI=1S/C14H11N3O3S/c1-21-14-7-9(5-6-12(14)17(18)19)20-13-4-2-3-11-10(13)8-15-16-11/h2-8H,1H3,(H,15,16). The van der Waals surface area contributed by atoms with Gasteiger partial charge in [0.1, 0.15) is 11.5 Å². The molecular weight excluding hydrogens is 290 g/mol. The second-order valence-corrected chi connectivity index (χ2v) is 5.13. The van der Waals surface area contributed by atoms with Crippen LogP contribution in [0.4, 0.5) is 5.69 Å². The van der Waals surface area contributed by atoms with Crippen LogP contribution < -0.4 is 4.74 Å². The minimum atomic E-state index is -0.396. The molecule has 0 aliphatic rings. The maximum Gasteiger partial charge on any atom is 0.283 e. The molecule has 1 N–H and O–H groups in total. The lowest BCUT2D eigenvalue weighted by molar-refractivity contribution is -0.387. The molecule has 0 bridgehead atoms. The van der Waals surface area contributed by atoms with Gasteiger partial charge in [0, 0.05) is 12.1 Å². The number of aromatic nitrogens is 2. The lowest BCUT2D eigenvalue weighted by atomic mass is 10.2. The summed E-state index contributed by atoms with van der Waals surface area (Å²) < 4.78 is 5.83. The van der Waals surface area contributed by atoms with Gasteiger partial charge in [0.15, 0.2) is 0 Å². The first-order valence-electron chi connectivity index (χ1n) is 6.11. The fraction of sp³-hybridized carbons (Fsp3) is 0.0714. The van der Waals surface area contributed by atoms with Crippen LogP contribution in [-0.2, 0) is 0 Å². The predicted molar refractivity (Wildman–Crippen MR) is 81.0 cm³/mol. The van der Waals surface area contributed by atoms with Crippen molar-refractivity contribution in [1.29, 1.82) is 0 Å². The molecule has 21 heavy (non-hydrogen) atoms. The van der Waals surface area contributed by atoms with Crippen molar-refractivity contribution < 1.29 is 9.66 Å². The van der Waals surface area contributed by atoms with E-state index in [4.69, 9.17) is 4.74 Å². The van der Waals surface area contributed by atoms with Gasteiger partial charge in [0.25, 0.3) is 5.69 Å². The Balaban J connectivity index is 1.98. The molecule has 0 radical (unpaired) electrons. The maximum atomic E-state index is 10.9. The van der Waals surface area contributed by atoms with Crippen molar-refractivity contribution in [2.45, 2.75) is 4.90 Å².